The zero-order valence-electron chi connectivity index (χ0n) is 16.4. The van der Waals surface area contributed by atoms with Crippen LogP contribution < -0.4 is 19.7 Å². The van der Waals surface area contributed by atoms with E-state index in [1.54, 1.807) is 36.9 Å². The summed E-state index contributed by atoms with van der Waals surface area (Å²) in [6.07, 6.45) is 0. The summed E-state index contributed by atoms with van der Waals surface area (Å²) in [6.45, 7) is 3.70. The highest BCUT2D eigenvalue weighted by molar-refractivity contribution is 8.00. The number of hydrogen-bond acceptors (Lipinski definition) is 5. The van der Waals surface area contributed by atoms with Crippen molar-refractivity contribution in [2.45, 2.75) is 19.2 Å². The van der Waals surface area contributed by atoms with Crippen LogP contribution in [0, 0.1) is 5.92 Å². The topological polar surface area (TPSA) is 67.9 Å². The molecule has 2 aromatic rings. The van der Waals surface area contributed by atoms with Crippen LogP contribution in [0.4, 0.5) is 11.4 Å². The van der Waals surface area contributed by atoms with Crippen molar-refractivity contribution < 1.29 is 19.1 Å². The molecule has 6 nitrogen and oxygen atoms in total. The molecule has 28 heavy (non-hydrogen) atoms. The fourth-order valence-corrected chi connectivity index (χ4v) is 4.10. The van der Waals surface area contributed by atoms with Crippen molar-refractivity contribution in [3.8, 4) is 11.5 Å². The summed E-state index contributed by atoms with van der Waals surface area (Å²) in [5.74, 6) is 1.56. The van der Waals surface area contributed by atoms with Gasteiger partial charge in [-0.25, -0.2) is 0 Å². The lowest BCUT2D eigenvalue weighted by atomic mass is 10.1. The maximum Gasteiger partial charge on any atom is 0.238 e. The summed E-state index contributed by atoms with van der Waals surface area (Å²) in [5.41, 5.74) is 2.43. The number of amides is 2. The average molecular weight is 401 g/mol. The number of anilines is 2. The van der Waals surface area contributed by atoms with Gasteiger partial charge in [0.05, 0.1) is 25.7 Å². The van der Waals surface area contributed by atoms with Gasteiger partial charge in [-0.2, -0.15) is 0 Å². The predicted molar refractivity (Wildman–Crippen MR) is 112 cm³/mol. The Balaban J connectivity index is 1.88. The van der Waals surface area contributed by atoms with E-state index in [0.29, 0.717) is 22.9 Å². The van der Waals surface area contributed by atoms with Gasteiger partial charge >= 0.3 is 0 Å². The van der Waals surface area contributed by atoms with E-state index in [2.05, 4.69) is 5.32 Å². The molecule has 1 aliphatic rings. The number of nitrogens with zero attached hydrogens (tertiary/aromatic N) is 1. The van der Waals surface area contributed by atoms with E-state index >= 15 is 0 Å². The molecule has 0 unspecified atom stereocenters. The van der Waals surface area contributed by atoms with Gasteiger partial charge in [-0.3, -0.25) is 14.5 Å². The lowest BCUT2D eigenvalue weighted by Crippen LogP contribution is -2.28. The lowest BCUT2D eigenvalue weighted by molar-refractivity contribution is -0.119. The minimum absolute atomic E-state index is 0.0238. The van der Waals surface area contributed by atoms with Gasteiger partial charge in [-0.1, -0.05) is 26.0 Å². The van der Waals surface area contributed by atoms with Gasteiger partial charge in [0.2, 0.25) is 11.8 Å². The first-order valence-corrected chi connectivity index (χ1v) is 10.1. The zero-order valence-corrected chi connectivity index (χ0v) is 17.2. The molecule has 7 heteroatoms. The third kappa shape index (κ3) is 4.09. The molecule has 0 radical (unpaired) electrons. The Hall–Kier alpha value is -2.67. The van der Waals surface area contributed by atoms with Crippen LogP contribution in [0.25, 0.3) is 0 Å². The molecule has 2 aromatic carbocycles. The van der Waals surface area contributed by atoms with Crippen molar-refractivity contribution in [3.05, 3.63) is 48.0 Å². The Morgan fingerprint density at radius 1 is 1.14 bits per heavy atom. The van der Waals surface area contributed by atoms with Crippen molar-refractivity contribution >= 4 is 35.0 Å². The van der Waals surface area contributed by atoms with Gasteiger partial charge in [0.15, 0.2) is 0 Å². The minimum atomic E-state index is -0.162. The molecule has 1 aliphatic heterocycles. The summed E-state index contributed by atoms with van der Waals surface area (Å²) in [4.78, 5) is 26.2. The van der Waals surface area contributed by atoms with E-state index in [0.717, 1.165) is 11.3 Å². The van der Waals surface area contributed by atoms with Crippen molar-refractivity contribution in [1.82, 2.24) is 0 Å². The van der Waals surface area contributed by atoms with Crippen LogP contribution in [0.1, 0.15) is 24.8 Å². The van der Waals surface area contributed by atoms with Crippen LogP contribution in [-0.2, 0) is 9.59 Å². The second-order valence-corrected chi connectivity index (χ2v) is 7.80. The summed E-state index contributed by atoms with van der Waals surface area (Å²) in [7, 11) is 3.17. The third-order valence-electron chi connectivity index (χ3n) is 4.50. The molecule has 0 saturated carbocycles. The maximum atomic E-state index is 12.6. The minimum Gasteiger partial charge on any atom is -0.497 e. The highest BCUT2D eigenvalue weighted by Gasteiger charge is 2.35. The largest absolute Gasteiger partial charge is 0.497 e. The molecule has 1 saturated heterocycles. The van der Waals surface area contributed by atoms with Crippen LogP contribution in [0.5, 0.6) is 11.5 Å². The van der Waals surface area contributed by atoms with Crippen LogP contribution in [0.3, 0.4) is 0 Å². The highest BCUT2D eigenvalue weighted by atomic mass is 32.2. The Kier molecular flexibility index (Phi) is 6.14. The van der Waals surface area contributed by atoms with Gasteiger partial charge in [-0.05, 0) is 29.8 Å². The summed E-state index contributed by atoms with van der Waals surface area (Å²) in [5, 5.41) is 2.72. The van der Waals surface area contributed by atoms with E-state index in [1.807, 2.05) is 50.2 Å². The number of methoxy groups -OCH3 is 2. The van der Waals surface area contributed by atoms with Crippen LogP contribution in [0.2, 0.25) is 0 Å². The van der Waals surface area contributed by atoms with E-state index in [-0.39, 0.29) is 23.1 Å². The first-order valence-electron chi connectivity index (χ1n) is 9.01. The number of carbonyl (C=O) groups excluding carboxylic acids is 2. The number of hydrogen-bond donors (Lipinski definition) is 1. The van der Waals surface area contributed by atoms with Crippen molar-refractivity contribution in [2.24, 2.45) is 5.92 Å². The average Bonchev–Trinajstić information content (AvgIpc) is 3.09. The predicted octanol–water partition coefficient (Wildman–Crippen LogP) is 4.08. The summed E-state index contributed by atoms with van der Waals surface area (Å²) >= 11 is 1.56. The van der Waals surface area contributed by atoms with E-state index < -0.39 is 0 Å². The van der Waals surface area contributed by atoms with E-state index in [9.17, 15) is 9.59 Å². The molecule has 1 fully saturated rings. The van der Waals surface area contributed by atoms with Crippen molar-refractivity contribution in [3.63, 3.8) is 0 Å². The van der Waals surface area contributed by atoms with Crippen molar-refractivity contribution in [2.75, 3.05) is 30.2 Å². The summed E-state index contributed by atoms with van der Waals surface area (Å²) in [6, 6.07) is 13.0. The van der Waals surface area contributed by atoms with Gasteiger partial charge in [0.25, 0.3) is 0 Å². The van der Waals surface area contributed by atoms with E-state index in [4.69, 9.17) is 9.47 Å². The number of thioether (sulfide) groups is 1. The number of benzene rings is 2. The van der Waals surface area contributed by atoms with Gasteiger partial charge in [-0.15, -0.1) is 11.8 Å². The van der Waals surface area contributed by atoms with Crippen molar-refractivity contribution in [1.29, 1.82) is 0 Å². The van der Waals surface area contributed by atoms with E-state index in [1.165, 1.54) is 0 Å². The fourth-order valence-electron chi connectivity index (χ4n) is 2.93. The van der Waals surface area contributed by atoms with Gasteiger partial charge in [0.1, 0.15) is 16.9 Å². The maximum absolute atomic E-state index is 12.6. The van der Waals surface area contributed by atoms with Crippen LogP contribution in [0.15, 0.2) is 42.5 Å². The Labute approximate surface area is 169 Å². The van der Waals surface area contributed by atoms with Crippen LogP contribution in [-0.4, -0.2) is 31.8 Å². The zero-order chi connectivity index (χ0) is 20.3. The standard InChI is InChI=1S/C21H24N2O4S/c1-13(2)20(25)22-15-7-5-14(6-8-15)21-23(19(24)12-28-21)17-10-9-16(26-3)11-18(17)27-4/h5-11,13,21H,12H2,1-4H3,(H,22,25)/t21-/m0/s1. The second kappa shape index (κ2) is 8.56. The molecular weight excluding hydrogens is 376 g/mol. The number of carbonyl (C=O) groups is 2. The highest BCUT2D eigenvalue weighted by Crippen LogP contribution is 2.45. The fraction of sp³-hybridized carbons (Fsp3) is 0.333. The quantitative estimate of drug-likeness (QED) is 0.791. The number of ether oxygens (including phenoxy) is 2. The Morgan fingerprint density at radius 2 is 1.86 bits per heavy atom. The SMILES string of the molecule is COc1ccc(N2C(=O)CS[C@H]2c2ccc(NC(=O)C(C)C)cc2)c(OC)c1. The molecule has 0 aromatic heterocycles. The van der Waals surface area contributed by atoms with Crippen LogP contribution >= 0.6 is 11.8 Å². The monoisotopic (exact) mass is 400 g/mol. The van der Waals surface area contributed by atoms with Gasteiger partial charge < -0.3 is 14.8 Å². The van der Waals surface area contributed by atoms with Gasteiger partial charge in [0, 0.05) is 17.7 Å². The molecule has 0 bridgehead atoms. The number of rotatable bonds is 6. The molecular formula is C21H24N2O4S. The molecule has 1 N–H and O–H groups in total. The Morgan fingerprint density at radius 3 is 2.46 bits per heavy atom. The molecule has 1 atom stereocenters. The smallest absolute Gasteiger partial charge is 0.238 e. The molecule has 0 aliphatic carbocycles. The lowest BCUT2D eigenvalue weighted by Gasteiger charge is -2.26. The molecule has 3 rings (SSSR count). The molecule has 1 heterocycles. The second-order valence-electron chi connectivity index (χ2n) is 6.73. The third-order valence-corrected chi connectivity index (χ3v) is 5.71. The molecule has 2 amide bonds. The number of nitrogens with one attached hydrogen (secondary N) is 1. The normalized spacial score (nSPS) is 16.4. The Bertz CT molecular complexity index is 867. The first kappa shape index (κ1) is 20.1. The first-order chi connectivity index (χ1) is 13.4. The molecule has 0 spiro atoms. The molecule has 148 valence electrons. The summed E-state index contributed by atoms with van der Waals surface area (Å²) < 4.78 is 10.7.